The van der Waals surface area contributed by atoms with E-state index >= 15 is 0 Å². The van der Waals surface area contributed by atoms with Crippen molar-refractivity contribution in [2.45, 2.75) is 13.3 Å². The number of carbonyl (C=O) groups excluding carboxylic acids is 1. The fourth-order valence-electron chi connectivity index (χ4n) is 2.52. The zero-order valence-corrected chi connectivity index (χ0v) is 16.0. The second-order valence-electron chi connectivity index (χ2n) is 5.80. The monoisotopic (exact) mass is 380 g/mol. The van der Waals surface area contributed by atoms with Gasteiger partial charge >= 0.3 is 0 Å². The number of halogens is 1. The number of sulfonamides is 1. The Morgan fingerprint density at radius 2 is 1.76 bits per heavy atom. The fourth-order valence-corrected chi connectivity index (χ4v) is 3.74. The third-order valence-electron chi connectivity index (χ3n) is 3.87. The number of nitrogens with zero attached hydrogens (tertiary/aromatic N) is 2. The predicted octanol–water partition coefficient (Wildman–Crippen LogP) is 3.47. The molecule has 0 saturated heterocycles. The molecule has 2 rings (SSSR count). The SMILES string of the molecule is Cc1cc(Cl)ccc1N(CCC(=O)N(C)c1ccccc1)S(C)(=O)=O. The summed E-state index contributed by atoms with van der Waals surface area (Å²) in [5.41, 5.74) is 2.03. The largest absolute Gasteiger partial charge is 0.315 e. The summed E-state index contributed by atoms with van der Waals surface area (Å²) in [5, 5.41) is 0.537. The van der Waals surface area contributed by atoms with Gasteiger partial charge in [0, 0.05) is 30.7 Å². The summed E-state index contributed by atoms with van der Waals surface area (Å²) in [6.45, 7) is 1.86. The van der Waals surface area contributed by atoms with Gasteiger partial charge in [-0.3, -0.25) is 9.10 Å². The summed E-state index contributed by atoms with van der Waals surface area (Å²) < 4.78 is 25.6. The second kappa shape index (κ2) is 7.89. The molecule has 0 fully saturated rings. The molecule has 7 heteroatoms. The maximum Gasteiger partial charge on any atom is 0.232 e. The normalized spacial score (nSPS) is 11.2. The Labute approximate surface area is 153 Å². The molecule has 0 aliphatic carbocycles. The molecule has 5 nitrogen and oxygen atoms in total. The number of benzene rings is 2. The van der Waals surface area contributed by atoms with Gasteiger partial charge in [-0.2, -0.15) is 0 Å². The van der Waals surface area contributed by atoms with Crippen LogP contribution in [0, 0.1) is 6.92 Å². The summed E-state index contributed by atoms with van der Waals surface area (Å²) in [6, 6.07) is 14.2. The van der Waals surface area contributed by atoms with Gasteiger partial charge in [-0.05, 0) is 42.8 Å². The molecule has 0 aliphatic heterocycles. The lowest BCUT2D eigenvalue weighted by Crippen LogP contribution is -2.35. The van der Waals surface area contributed by atoms with Crippen LogP contribution in [0.4, 0.5) is 11.4 Å². The van der Waals surface area contributed by atoms with E-state index in [9.17, 15) is 13.2 Å². The summed E-state index contributed by atoms with van der Waals surface area (Å²) in [5.74, 6) is -0.161. The van der Waals surface area contributed by atoms with Gasteiger partial charge in [0.2, 0.25) is 15.9 Å². The van der Waals surface area contributed by atoms with Gasteiger partial charge in [-0.15, -0.1) is 0 Å². The minimum atomic E-state index is -3.52. The van der Waals surface area contributed by atoms with Crippen LogP contribution in [-0.2, 0) is 14.8 Å². The van der Waals surface area contributed by atoms with Crippen molar-refractivity contribution in [3.05, 3.63) is 59.1 Å². The van der Waals surface area contributed by atoms with E-state index in [0.717, 1.165) is 17.5 Å². The molecule has 0 saturated carbocycles. The fraction of sp³-hybridized carbons (Fsp3) is 0.278. The number of hydrogen-bond acceptors (Lipinski definition) is 3. The van der Waals surface area contributed by atoms with Gasteiger partial charge in [-0.1, -0.05) is 29.8 Å². The molecule has 2 aromatic rings. The van der Waals surface area contributed by atoms with Crippen molar-refractivity contribution < 1.29 is 13.2 Å². The number of amides is 1. The first-order valence-corrected chi connectivity index (χ1v) is 9.98. The first-order chi connectivity index (χ1) is 11.7. The van der Waals surface area contributed by atoms with Crippen LogP contribution in [0.15, 0.2) is 48.5 Å². The lowest BCUT2D eigenvalue weighted by atomic mass is 10.2. The molecule has 0 bridgehead atoms. The first kappa shape index (κ1) is 19.3. The maximum absolute atomic E-state index is 12.4. The number of carbonyl (C=O) groups is 1. The Bertz CT molecular complexity index is 854. The number of hydrogen-bond donors (Lipinski definition) is 0. The average Bonchev–Trinajstić information content (AvgIpc) is 2.55. The number of para-hydroxylation sites is 1. The summed E-state index contributed by atoms with van der Waals surface area (Å²) in [4.78, 5) is 14.0. The van der Waals surface area contributed by atoms with Crippen LogP contribution in [0.5, 0.6) is 0 Å². The third kappa shape index (κ3) is 4.96. The van der Waals surface area contributed by atoms with Crippen molar-refractivity contribution in [3.63, 3.8) is 0 Å². The lowest BCUT2D eigenvalue weighted by molar-refractivity contribution is -0.118. The van der Waals surface area contributed by atoms with E-state index in [2.05, 4.69) is 0 Å². The molecule has 25 heavy (non-hydrogen) atoms. The van der Waals surface area contributed by atoms with Crippen molar-refractivity contribution in [2.75, 3.05) is 29.1 Å². The Hall–Kier alpha value is -2.05. The molecule has 0 unspecified atom stereocenters. The summed E-state index contributed by atoms with van der Waals surface area (Å²) in [6.07, 6.45) is 1.20. The molecule has 0 aliphatic rings. The minimum absolute atomic E-state index is 0.0668. The van der Waals surface area contributed by atoms with Crippen LogP contribution in [0.1, 0.15) is 12.0 Å². The molecule has 0 heterocycles. The van der Waals surface area contributed by atoms with Crippen LogP contribution in [0.25, 0.3) is 0 Å². The van der Waals surface area contributed by atoms with Crippen molar-refractivity contribution >= 4 is 38.9 Å². The smallest absolute Gasteiger partial charge is 0.232 e. The standard InChI is InChI=1S/C18H21ClN2O3S/c1-14-13-15(19)9-10-17(14)21(25(3,23)24)12-11-18(22)20(2)16-7-5-4-6-8-16/h4-10,13H,11-12H2,1-3H3. The van der Waals surface area contributed by atoms with Crippen LogP contribution >= 0.6 is 11.6 Å². The number of rotatable bonds is 6. The van der Waals surface area contributed by atoms with E-state index in [4.69, 9.17) is 11.6 Å². The first-order valence-electron chi connectivity index (χ1n) is 7.75. The van der Waals surface area contributed by atoms with Crippen molar-refractivity contribution in [3.8, 4) is 0 Å². The Kier molecular flexibility index (Phi) is 6.08. The molecule has 134 valence electrons. The molecule has 0 spiro atoms. The topological polar surface area (TPSA) is 57.7 Å². The van der Waals surface area contributed by atoms with Crippen molar-refractivity contribution in [1.82, 2.24) is 0 Å². The van der Waals surface area contributed by atoms with Gasteiger partial charge in [0.15, 0.2) is 0 Å². The molecule has 0 atom stereocenters. The van der Waals surface area contributed by atoms with E-state index in [1.54, 1.807) is 32.2 Å². The Morgan fingerprint density at radius 3 is 2.32 bits per heavy atom. The van der Waals surface area contributed by atoms with Crippen LogP contribution in [0.2, 0.25) is 5.02 Å². The zero-order chi connectivity index (χ0) is 18.6. The highest BCUT2D eigenvalue weighted by molar-refractivity contribution is 7.92. The van der Waals surface area contributed by atoms with Gasteiger partial charge in [-0.25, -0.2) is 8.42 Å². The molecule has 0 aromatic heterocycles. The van der Waals surface area contributed by atoms with Crippen LogP contribution < -0.4 is 9.21 Å². The molecule has 1 amide bonds. The highest BCUT2D eigenvalue weighted by Gasteiger charge is 2.21. The number of anilines is 2. The van der Waals surface area contributed by atoms with Gasteiger partial charge in [0.1, 0.15) is 0 Å². The average molecular weight is 381 g/mol. The van der Waals surface area contributed by atoms with Gasteiger partial charge in [0.25, 0.3) is 0 Å². The Morgan fingerprint density at radius 1 is 1.12 bits per heavy atom. The van der Waals surface area contributed by atoms with E-state index in [-0.39, 0.29) is 18.9 Å². The highest BCUT2D eigenvalue weighted by atomic mass is 35.5. The van der Waals surface area contributed by atoms with E-state index in [0.29, 0.717) is 10.7 Å². The van der Waals surface area contributed by atoms with Gasteiger partial charge < -0.3 is 4.90 Å². The zero-order valence-electron chi connectivity index (χ0n) is 14.4. The molecule has 0 N–H and O–H groups in total. The summed E-state index contributed by atoms with van der Waals surface area (Å²) >= 11 is 5.94. The summed E-state index contributed by atoms with van der Waals surface area (Å²) in [7, 11) is -1.84. The van der Waals surface area contributed by atoms with E-state index in [1.165, 1.54) is 9.21 Å². The van der Waals surface area contributed by atoms with E-state index in [1.807, 2.05) is 30.3 Å². The van der Waals surface area contributed by atoms with Gasteiger partial charge in [0.05, 0.1) is 11.9 Å². The number of aryl methyl sites for hydroxylation is 1. The quantitative estimate of drug-likeness (QED) is 0.771. The molecule has 2 aromatic carbocycles. The van der Waals surface area contributed by atoms with E-state index < -0.39 is 10.0 Å². The van der Waals surface area contributed by atoms with Crippen molar-refractivity contribution in [2.24, 2.45) is 0 Å². The predicted molar refractivity (Wildman–Crippen MR) is 103 cm³/mol. The molecular weight excluding hydrogens is 360 g/mol. The molecule has 0 radical (unpaired) electrons. The second-order valence-corrected chi connectivity index (χ2v) is 8.15. The minimum Gasteiger partial charge on any atom is -0.315 e. The van der Waals surface area contributed by atoms with Crippen LogP contribution in [0.3, 0.4) is 0 Å². The molecular formula is C18H21ClN2O3S. The van der Waals surface area contributed by atoms with Crippen molar-refractivity contribution in [1.29, 1.82) is 0 Å². The van der Waals surface area contributed by atoms with Crippen LogP contribution in [-0.4, -0.2) is 34.2 Å². The Balaban J connectivity index is 2.17. The highest BCUT2D eigenvalue weighted by Crippen LogP contribution is 2.26. The third-order valence-corrected chi connectivity index (χ3v) is 5.29. The lowest BCUT2D eigenvalue weighted by Gasteiger charge is -2.25. The maximum atomic E-state index is 12.4.